The van der Waals surface area contributed by atoms with Gasteiger partial charge in [0.1, 0.15) is 0 Å². The third-order valence-corrected chi connectivity index (χ3v) is 3.26. The van der Waals surface area contributed by atoms with E-state index < -0.39 is 34.9 Å². The summed E-state index contributed by atoms with van der Waals surface area (Å²) >= 11 is 3.22. The van der Waals surface area contributed by atoms with Crippen molar-refractivity contribution in [3.8, 4) is 0 Å². The smallest absolute Gasteiger partial charge is 0.322 e. The molecule has 0 saturated carbocycles. The Hall–Kier alpha value is -2.49. The molecule has 21 heavy (non-hydrogen) atoms. The minimum atomic E-state index is -1.88. The van der Waals surface area contributed by atoms with Gasteiger partial charge in [-0.2, -0.15) is 0 Å². The molecule has 2 unspecified atom stereocenters. The minimum Gasteiger partial charge on any atom is -0.324 e. The molecule has 0 aliphatic carbocycles. The first-order valence-electron chi connectivity index (χ1n) is 5.70. The van der Waals surface area contributed by atoms with Gasteiger partial charge in [0.05, 0.1) is 0 Å². The number of nitrogens with zero attached hydrogens (tertiary/aromatic N) is 1. The fourth-order valence-electron chi connectivity index (χ4n) is 1.77. The Kier molecular flexibility index (Phi) is 4.17. The molecule has 0 aromatic heterocycles. The molecule has 4 amide bonds. The van der Waals surface area contributed by atoms with Crippen LogP contribution in [0.15, 0.2) is 28.7 Å². The van der Waals surface area contributed by atoms with Gasteiger partial charge in [0.25, 0.3) is 5.91 Å². The lowest BCUT2D eigenvalue weighted by molar-refractivity contribution is -0.509. The predicted molar refractivity (Wildman–Crippen MR) is 74.0 cm³/mol. The zero-order valence-electron chi connectivity index (χ0n) is 10.3. The maximum absolute atomic E-state index is 12.0. The summed E-state index contributed by atoms with van der Waals surface area (Å²) in [5.41, 5.74) is 0.380. The molecule has 3 N–H and O–H groups in total. The second-order valence-corrected chi connectivity index (χ2v) is 5.08. The molecule has 1 aliphatic heterocycles. The summed E-state index contributed by atoms with van der Waals surface area (Å²) in [6, 6.07) is 2.04. The van der Waals surface area contributed by atoms with Crippen molar-refractivity contribution in [2.45, 2.75) is 12.1 Å². The molecule has 1 heterocycles. The number of carbonyl (C=O) groups is 3. The van der Waals surface area contributed by atoms with Gasteiger partial charge < -0.3 is 10.6 Å². The standard InChI is InChI=1S/C11H9BrN4O5/c12-5-1-3-6(4-2-5)13-9(17)7-8(16(20)21)10(18)15-11(19)14-7/h1-4,7-8H,(H,13,17)(H2,14,15,18,19). The topological polar surface area (TPSA) is 130 Å². The van der Waals surface area contributed by atoms with E-state index in [2.05, 4.69) is 26.6 Å². The zero-order valence-corrected chi connectivity index (χ0v) is 11.9. The van der Waals surface area contributed by atoms with Crippen molar-refractivity contribution in [2.24, 2.45) is 0 Å². The Morgan fingerprint density at radius 2 is 1.90 bits per heavy atom. The number of benzene rings is 1. The molecule has 1 aromatic carbocycles. The fraction of sp³-hybridized carbons (Fsp3) is 0.182. The number of urea groups is 1. The van der Waals surface area contributed by atoms with Crippen LogP contribution in [0.1, 0.15) is 0 Å². The van der Waals surface area contributed by atoms with Crippen LogP contribution in [0.2, 0.25) is 0 Å². The van der Waals surface area contributed by atoms with E-state index >= 15 is 0 Å². The highest BCUT2D eigenvalue weighted by molar-refractivity contribution is 9.10. The Morgan fingerprint density at radius 1 is 1.29 bits per heavy atom. The van der Waals surface area contributed by atoms with Gasteiger partial charge in [-0.1, -0.05) is 15.9 Å². The molecule has 9 nitrogen and oxygen atoms in total. The zero-order chi connectivity index (χ0) is 15.6. The van der Waals surface area contributed by atoms with Crippen LogP contribution in [0.5, 0.6) is 0 Å². The van der Waals surface area contributed by atoms with Gasteiger partial charge in [0.15, 0.2) is 6.04 Å². The maximum atomic E-state index is 12.0. The van der Waals surface area contributed by atoms with E-state index in [1.807, 2.05) is 0 Å². The maximum Gasteiger partial charge on any atom is 0.322 e. The van der Waals surface area contributed by atoms with Crippen molar-refractivity contribution in [2.75, 3.05) is 5.32 Å². The number of nitrogens with one attached hydrogen (secondary N) is 3. The summed E-state index contributed by atoms with van der Waals surface area (Å²) in [5.74, 6) is -1.97. The highest BCUT2D eigenvalue weighted by atomic mass is 79.9. The predicted octanol–water partition coefficient (Wildman–Crippen LogP) is 0.241. The average Bonchev–Trinajstić information content (AvgIpc) is 2.39. The number of hydrogen-bond donors (Lipinski definition) is 3. The van der Waals surface area contributed by atoms with Gasteiger partial charge in [0.2, 0.25) is 0 Å². The Labute approximate surface area is 126 Å². The van der Waals surface area contributed by atoms with E-state index in [-0.39, 0.29) is 0 Å². The molecular weight excluding hydrogens is 348 g/mol. The van der Waals surface area contributed by atoms with Gasteiger partial charge in [-0.25, -0.2) is 4.79 Å². The number of halogens is 1. The number of amides is 4. The second kappa shape index (κ2) is 5.87. The SMILES string of the molecule is O=C1NC(=O)C([N+](=O)[O-])C(C(=O)Nc2ccc(Br)cc2)N1. The minimum absolute atomic E-state index is 0.380. The van der Waals surface area contributed by atoms with E-state index in [1.54, 1.807) is 29.6 Å². The number of rotatable bonds is 3. The summed E-state index contributed by atoms with van der Waals surface area (Å²) in [6.45, 7) is 0. The molecule has 110 valence electrons. The summed E-state index contributed by atoms with van der Waals surface area (Å²) in [7, 11) is 0. The first-order valence-corrected chi connectivity index (χ1v) is 6.49. The average molecular weight is 357 g/mol. The van der Waals surface area contributed by atoms with Crippen LogP contribution in [0, 0.1) is 10.1 Å². The number of nitro groups is 1. The van der Waals surface area contributed by atoms with Crippen LogP contribution < -0.4 is 16.0 Å². The van der Waals surface area contributed by atoms with Crippen molar-refractivity contribution < 1.29 is 19.3 Å². The van der Waals surface area contributed by atoms with Crippen molar-refractivity contribution >= 4 is 39.5 Å². The molecule has 2 atom stereocenters. The van der Waals surface area contributed by atoms with Crippen LogP contribution in [-0.2, 0) is 9.59 Å². The van der Waals surface area contributed by atoms with Gasteiger partial charge in [-0.15, -0.1) is 0 Å². The summed E-state index contributed by atoms with van der Waals surface area (Å²) in [5, 5.41) is 17.1. The van der Waals surface area contributed by atoms with E-state index in [9.17, 15) is 24.5 Å². The van der Waals surface area contributed by atoms with Crippen molar-refractivity contribution in [3.05, 3.63) is 38.9 Å². The first-order chi connectivity index (χ1) is 9.88. The third kappa shape index (κ3) is 3.34. The van der Waals surface area contributed by atoms with Crippen LogP contribution in [0.25, 0.3) is 0 Å². The van der Waals surface area contributed by atoms with Crippen LogP contribution in [-0.4, -0.2) is 34.9 Å². The van der Waals surface area contributed by atoms with Gasteiger partial charge in [-0.05, 0) is 24.3 Å². The van der Waals surface area contributed by atoms with Crippen molar-refractivity contribution in [3.63, 3.8) is 0 Å². The molecule has 1 aromatic rings. The monoisotopic (exact) mass is 356 g/mol. The van der Waals surface area contributed by atoms with Gasteiger partial charge >= 0.3 is 18.0 Å². The molecule has 1 fully saturated rings. The Morgan fingerprint density at radius 3 is 2.48 bits per heavy atom. The van der Waals surface area contributed by atoms with E-state index in [0.29, 0.717) is 5.69 Å². The van der Waals surface area contributed by atoms with Gasteiger partial charge in [0, 0.05) is 15.1 Å². The molecule has 10 heteroatoms. The van der Waals surface area contributed by atoms with E-state index in [1.165, 1.54) is 0 Å². The highest BCUT2D eigenvalue weighted by Gasteiger charge is 2.48. The van der Waals surface area contributed by atoms with Crippen LogP contribution in [0.3, 0.4) is 0 Å². The summed E-state index contributed by atoms with van der Waals surface area (Å²) < 4.78 is 0.786. The van der Waals surface area contributed by atoms with Crippen molar-refractivity contribution in [1.29, 1.82) is 0 Å². The Bertz CT molecular complexity index is 618. The first kappa shape index (κ1) is 14.9. The molecule has 1 saturated heterocycles. The van der Waals surface area contributed by atoms with Crippen molar-refractivity contribution in [1.82, 2.24) is 10.6 Å². The quantitative estimate of drug-likeness (QED) is 0.527. The molecule has 0 spiro atoms. The second-order valence-electron chi connectivity index (χ2n) is 4.17. The summed E-state index contributed by atoms with van der Waals surface area (Å²) in [4.78, 5) is 44.7. The molecule has 0 bridgehead atoms. The number of anilines is 1. The normalized spacial score (nSPS) is 21.2. The number of carbonyl (C=O) groups excluding carboxylic acids is 3. The van der Waals surface area contributed by atoms with E-state index in [4.69, 9.17) is 0 Å². The number of hydrogen-bond acceptors (Lipinski definition) is 5. The van der Waals surface area contributed by atoms with Gasteiger partial charge in [-0.3, -0.25) is 25.0 Å². The summed E-state index contributed by atoms with van der Waals surface area (Å²) in [6.07, 6.45) is 0. The molecule has 0 radical (unpaired) electrons. The lowest BCUT2D eigenvalue weighted by atomic mass is 10.1. The number of imide groups is 1. The third-order valence-electron chi connectivity index (χ3n) is 2.73. The van der Waals surface area contributed by atoms with E-state index in [0.717, 1.165) is 4.47 Å². The lowest BCUT2D eigenvalue weighted by Crippen LogP contribution is -2.67. The molecular formula is C11H9BrN4O5. The molecule has 2 rings (SSSR count). The highest BCUT2D eigenvalue weighted by Crippen LogP contribution is 2.15. The Balaban J connectivity index is 2.18. The lowest BCUT2D eigenvalue weighted by Gasteiger charge is -2.24. The fourth-order valence-corrected chi connectivity index (χ4v) is 2.04. The van der Waals surface area contributed by atoms with Crippen LogP contribution in [0.4, 0.5) is 10.5 Å². The molecule has 1 aliphatic rings. The largest absolute Gasteiger partial charge is 0.324 e. The van der Waals surface area contributed by atoms with Crippen LogP contribution >= 0.6 is 15.9 Å².